The minimum Gasteiger partial charge on any atom is -0.339 e. The van der Waals surface area contributed by atoms with E-state index >= 15 is 0 Å². The van der Waals surface area contributed by atoms with Gasteiger partial charge in [-0.15, -0.1) is 5.10 Å². The van der Waals surface area contributed by atoms with E-state index < -0.39 is 0 Å². The highest BCUT2D eigenvalue weighted by Gasteiger charge is 2.22. The van der Waals surface area contributed by atoms with Gasteiger partial charge in [-0.25, -0.2) is 4.98 Å². The van der Waals surface area contributed by atoms with E-state index in [1.54, 1.807) is 0 Å². The monoisotopic (exact) mass is 335 g/mol. The molecule has 126 valence electrons. The quantitative estimate of drug-likeness (QED) is 0.806. The summed E-state index contributed by atoms with van der Waals surface area (Å²) in [5, 5.41) is 12.1. The van der Waals surface area contributed by atoms with Crippen LogP contribution in [-0.4, -0.2) is 25.3 Å². The van der Waals surface area contributed by atoms with Gasteiger partial charge >= 0.3 is 0 Å². The van der Waals surface area contributed by atoms with Gasteiger partial charge in [-0.05, 0) is 12.3 Å². The SMILES string of the molecule is CC(C)(C)c1nc(CSc2n[nH]c(CCC3CCCC3)n2)no1. The average Bonchev–Trinajstić information content (AvgIpc) is 3.23. The molecule has 3 rings (SSSR count). The summed E-state index contributed by atoms with van der Waals surface area (Å²) in [5.74, 6) is 3.85. The zero-order valence-electron chi connectivity index (χ0n) is 14.1. The summed E-state index contributed by atoms with van der Waals surface area (Å²) in [4.78, 5) is 8.98. The second-order valence-corrected chi connectivity index (χ2v) is 8.25. The second-order valence-electron chi connectivity index (χ2n) is 7.31. The third-order valence-corrected chi connectivity index (χ3v) is 5.06. The van der Waals surface area contributed by atoms with Crippen LogP contribution in [0, 0.1) is 5.92 Å². The third kappa shape index (κ3) is 4.56. The maximum atomic E-state index is 5.30. The van der Waals surface area contributed by atoms with Crippen LogP contribution in [0.15, 0.2) is 9.68 Å². The summed E-state index contributed by atoms with van der Waals surface area (Å²) < 4.78 is 5.30. The minimum atomic E-state index is -0.117. The lowest BCUT2D eigenvalue weighted by atomic mass is 9.97. The Morgan fingerprint density at radius 1 is 1.22 bits per heavy atom. The van der Waals surface area contributed by atoms with Crippen molar-refractivity contribution in [1.82, 2.24) is 25.3 Å². The largest absolute Gasteiger partial charge is 0.339 e. The first kappa shape index (κ1) is 16.5. The van der Waals surface area contributed by atoms with Crippen molar-refractivity contribution < 1.29 is 4.52 Å². The number of thioether (sulfide) groups is 1. The van der Waals surface area contributed by atoms with Crippen molar-refractivity contribution >= 4 is 11.8 Å². The van der Waals surface area contributed by atoms with Gasteiger partial charge in [0.1, 0.15) is 5.82 Å². The van der Waals surface area contributed by atoms with Crippen LogP contribution in [0.25, 0.3) is 0 Å². The van der Waals surface area contributed by atoms with Crippen molar-refractivity contribution in [2.75, 3.05) is 0 Å². The normalized spacial score (nSPS) is 16.3. The standard InChI is InChI=1S/C16H25N5OS/c1-16(2,3)14-17-13(21-22-14)10-23-15-18-12(19-20-15)9-8-11-6-4-5-7-11/h11H,4-10H2,1-3H3,(H,18,19,20). The Labute approximate surface area is 141 Å². The predicted octanol–water partition coefficient (Wildman–Crippen LogP) is 3.90. The summed E-state index contributed by atoms with van der Waals surface area (Å²) in [6, 6.07) is 0. The van der Waals surface area contributed by atoms with Crippen molar-refractivity contribution in [3.8, 4) is 0 Å². The number of rotatable bonds is 6. The van der Waals surface area contributed by atoms with Gasteiger partial charge in [-0.2, -0.15) is 4.98 Å². The van der Waals surface area contributed by atoms with Gasteiger partial charge in [0.2, 0.25) is 11.0 Å². The van der Waals surface area contributed by atoms with Gasteiger partial charge in [-0.1, -0.05) is 63.4 Å². The fourth-order valence-electron chi connectivity index (χ4n) is 2.84. The minimum absolute atomic E-state index is 0.117. The number of aromatic amines is 1. The van der Waals surface area contributed by atoms with Crippen LogP contribution in [0.5, 0.6) is 0 Å². The highest BCUT2D eigenvalue weighted by molar-refractivity contribution is 7.98. The molecule has 6 nitrogen and oxygen atoms in total. The molecule has 1 aliphatic carbocycles. The van der Waals surface area contributed by atoms with Gasteiger partial charge in [0.15, 0.2) is 5.82 Å². The molecule has 0 unspecified atom stereocenters. The first-order valence-electron chi connectivity index (χ1n) is 8.38. The Morgan fingerprint density at radius 2 is 2.00 bits per heavy atom. The summed E-state index contributed by atoms with van der Waals surface area (Å²) in [6.07, 6.45) is 7.76. The fourth-order valence-corrected chi connectivity index (χ4v) is 3.50. The topological polar surface area (TPSA) is 80.5 Å². The molecule has 0 saturated heterocycles. The summed E-state index contributed by atoms with van der Waals surface area (Å²) in [7, 11) is 0. The number of aryl methyl sites for hydroxylation is 1. The molecule has 0 atom stereocenters. The summed E-state index contributed by atoms with van der Waals surface area (Å²) in [5.41, 5.74) is -0.117. The van der Waals surface area contributed by atoms with Crippen LogP contribution >= 0.6 is 11.8 Å². The van der Waals surface area contributed by atoms with E-state index in [-0.39, 0.29) is 5.41 Å². The molecule has 0 aliphatic heterocycles. The van der Waals surface area contributed by atoms with Gasteiger partial charge in [0, 0.05) is 11.8 Å². The highest BCUT2D eigenvalue weighted by Crippen LogP contribution is 2.28. The van der Waals surface area contributed by atoms with Gasteiger partial charge < -0.3 is 4.52 Å². The number of hydrogen-bond acceptors (Lipinski definition) is 6. The number of nitrogens with zero attached hydrogens (tertiary/aromatic N) is 4. The van der Waals surface area contributed by atoms with Crippen molar-refractivity contribution in [3.05, 3.63) is 17.5 Å². The molecule has 1 N–H and O–H groups in total. The van der Waals surface area contributed by atoms with Gasteiger partial charge in [-0.3, -0.25) is 5.10 Å². The number of nitrogens with one attached hydrogen (secondary N) is 1. The van der Waals surface area contributed by atoms with E-state index in [0.29, 0.717) is 17.5 Å². The molecular weight excluding hydrogens is 310 g/mol. The average molecular weight is 335 g/mol. The lowest BCUT2D eigenvalue weighted by Gasteiger charge is -2.10. The van der Waals surface area contributed by atoms with Crippen LogP contribution in [0.1, 0.15) is 70.4 Å². The van der Waals surface area contributed by atoms with E-state index in [1.165, 1.54) is 43.9 Å². The van der Waals surface area contributed by atoms with Crippen LogP contribution in [0.4, 0.5) is 0 Å². The maximum absolute atomic E-state index is 5.30. The maximum Gasteiger partial charge on any atom is 0.232 e. The zero-order valence-corrected chi connectivity index (χ0v) is 14.9. The summed E-state index contributed by atoms with van der Waals surface area (Å²) in [6.45, 7) is 6.18. The second kappa shape index (κ2) is 7.03. The third-order valence-electron chi connectivity index (χ3n) is 4.22. The van der Waals surface area contributed by atoms with Crippen molar-refractivity contribution in [3.63, 3.8) is 0 Å². The first-order chi connectivity index (χ1) is 11.0. The van der Waals surface area contributed by atoms with Crippen LogP contribution in [0.3, 0.4) is 0 Å². The van der Waals surface area contributed by atoms with E-state index in [1.807, 2.05) is 0 Å². The zero-order chi connectivity index (χ0) is 16.3. The van der Waals surface area contributed by atoms with Gasteiger partial charge in [0.05, 0.1) is 5.75 Å². The number of aromatic nitrogens is 5. The molecule has 2 heterocycles. The molecule has 0 amide bonds. The Hall–Kier alpha value is -1.37. The Balaban J connectivity index is 1.48. The first-order valence-corrected chi connectivity index (χ1v) is 9.36. The molecule has 1 saturated carbocycles. The van der Waals surface area contributed by atoms with E-state index in [9.17, 15) is 0 Å². The molecule has 1 fully saturated rings. The summed E-state index contributed by atoms with van der Waals surface area (Å²) >= 11 is 1.54. The molecule has 7 heteroatoms. The van der Waals surface area contributed by atoms with Gasteiger partial charge in [0.25, 0.3) is 0 Å². The molecular formula is C16H25N5OS. The number of H-pyrrole nitrogens is 1. The van der Waals surface area contributed by atoms with Crippen molar-refractivity contribution in [2.45, 2.75) is 75.6 Å². The fraction of sp³-hybridized carbons (Fsp3) is 0.750. The van der Waals surface area contributed by atoms with E-state index in [4.69, 9.17) is 4.52 Å². The molecule has 23 heavy (non-hydrogen) atoms. The van der Waals surface area contributed by atoms with Crippen LogP contribution in [0.2, 0.25) is 0 Å². The molecule has 2 aromatic heterocycles. The molecule has 0 radical (unpaired) electrons. The highest BCUT2D eigenvalue weighted by atomic mass is 32.2. The molecule has 1 aliphatic rings. The molecule has 0 spiro atoms. The molecule has 2 aromatic rings. The van der Waals surface area contributed by atoms with Crippen molar-refractivity contribution in [2.24, 2.45) is 5.92 Å². The van der Waals surface area contributed by atoms with E-state index in [2.05, 4.69) is 46.1 Å². The van der Waals surface area contributed by atoms with Crippen LogP contribution in [-0.2, 0) is 17.6 Å². The molecule has 0 aromatic carbocycles. The van der Waals surface area contributed by atoms with Crippen LogP contribution < -0.4 is 0 Å². The number of hydrogen-bond donors (Lipinski definition) is 1. The van der Waals surface area contributed by atoms with E-state index in [0.717, 1.165) is 23.3 Å². The van der Waals surface area contributed by atoms with Crippen molar-refractivity contribution in [1.29, 1.82) is 0 Å². The Morgan fingerprint density at radius 3 is 2.70 bits per heavy atom. The smallest absolute Gasteiger partial charge is 0.232 e. The predicted molar refractivity (Wildman–Crippen MR) is 89.2 cm³/mol. The Kier molecular flexibility index (Phi) is 5.04. The lowest BCUT2D eigenvalue weighted by Crippen LogP contribution is -2.11. The molecule has 0 bridgehead atoms. The Bertz CT molecular complexity index is 624. The lowest BCUT2D eigenvalue weighted by molar-refractivity contribution is 0.319.